The van der Waals surface area contributed by atoms with Crippen LogP contribution in [0.1, 0.15) is 22.1 Å². The normalized spacial score (nSPS) is 12.8. The Morgan fingerprint density at radius 1 is 1.38 bits per heavy atom. The van der Waals surface area contributed by atoms with Crippen molar-refractivity contribution in [1.82, 2.24) is 0 Å². The van der Waals surface area contributed by atoms with E-state index in [1.54, 1.807) is 6.07 Å². The fourth-order valence-electron chi connectivity index (χ4n) is 1.53. The topological polar surface area (TPSA) is 20.2 Å². The predicted octanol–water partition coefficient (Wildman–Crippen LogP) is 4.04. The molecular formula is C12H10BrFOS. The molecule has 84 valence electrons. The first-order valence-electron chi connectivity index (χ1n) is 4.76. The Balaban J connectivity index is 2.40. The highest BCUT2D eigenvalue weighted by atomic mass is 79.9. The minimum atomic E-state index is -0.757. The van der Waals surface area contributed by atoms with Crippen LogP contribution in [0.5, 0.6) is 0 Å². The molecular weight excluding hydrogens is 291 g/mol. The molecule has 0 radical (unpaired) electrons. The van der Waals surface area contributed by atoms with Crippen LogP contribution in [0, 0.1) is 12.7 Å². The molecule has 0 saturated carbocycles. The second kappa shape index (κ2) is 4.65. The van der Waals surface area contributed by atoms with Crippen LogP contribution in [0.2, 0.25) is 0 Å². The van der Waals surface area contributed by atoms with Crippen molar-refractivity contribution in [3.05, 3.63) is 55.9 Å². The van der Waals surface area contributed by atoms with Gasteiger partial charge in [0.2, 0.25) is 0 Å². The number of benzene rings is 1. The molecule has 1 nitrogen and oxygen atoms in total. The molecule has 1 aromatic carbocycles. The molecule has 1 atom stereocenters. The first-order chi connectivity index (χ1) is 7.58. The summed E-state index contributed by atoms with van der Waals surface area (Å²) in [5, 5.41) is 12.0. The van der Waals surface area contributed by atoms with Gasteiger partial charge in [0, 0.05) is 14.7 Å². The van der Waals surface area contributed by atoms with E-state index in [1.165, 1.54) is 23.5 Å². The average Bonchev–Trinajstić information content (AvgIpc) is 2.67. The molecule has 2 rings (SSSR count). The highest BCUT2D eigenvalue weighted by Crippen LogP contribution is 2.31. The maximum absolute atomic E-state index is 13.1. The second-order valence-corrected chi connectivity index (χ2v) is 5.43. The second-order valence-electron chi connectivity index (χ2n) is 3.57. The van der Waals surface area contributed by atoms with E-state index in [1.807, 2.05) is 18.4 Å². The van der Waals surface area contributed by atoms with Crippen molar-refractivity contribution in [3.8, 4) is 0 Å². The van der Waals surface area contributed by atoms with E-state index in [0.29, 0.717) is 5.56 Å². The molecule has 0 bridgehead atoms. The third kappa shape index (κ3) is 2.34. The van der Waals surface area contributed by atoms with Gasteiger partial charge in [-0.2, -0.15) is 0 Å². The van der Waals surface area contributed by atoms with Gasteiger partial charge < -0.3 is 5.11 Å². The van der Waals surface area contributed by atoms with E-state index in [4.69, 9.17) is 0 Å². The molecule has 0 fully saturated rings. The van der Waals surface area contributed by atoms with Crippen molar-refractivity contribution >= 4 is 27.3 Å². The fourth-order valence-corrected chi connectivity index (χ4v) is 2.98. The number of hydrogen-bond acceptors (Lipinski definition) is 2. The molecule has 2 aromatic rings. The summed E-state index contributed by atoms with van der Waals surface area (Å²) in [4.78, 5) is 0.806. The van der Waals surface area contributed by atoms with Crippen molar-refractivity contribution in [2.75, 3.05) is 0 Å². The lowest BCUT2D eigenvalue weighted by Crippen LogP contribution is -2.00. The van der Waals surface area contributed by atoms with Gasteiger partial charge in [0.25, 0.3) is 0 Å². The number of rotatable bonds is 2. The first kappa shape index (κ1) is 11.8. The van der Waals surface area contributed by atoms with Crippen molar-refractivity contribution in [2.24, 2.45) is 0 Å². The Morgan fingerprint density at radius 3 is 2.75 bits per heavy atom. The smallest absolute Gasteiger partial charge is 0.123 e. The van der Waals surface area contributed by atoms with Crippen molar-refractivity contribution < 1.29 is 9.50 Å². The summed E-state index contributed by atoms with van der Waals surface area (Å²) in [6.45, 7) is 1.86. The molecule has 0 aliphatic carbocycles. The van der Waals surface area contributed by atoms with Gasteiger partial charge in [-0.25, -0.2) is 4.39 Å². The number of thiophene rings is 1. The average molecular weight is 301 g/mol. The Hall–Kier alpha value is -0.710. The van der Waals surface area contributed by atoms with Crippen LogP contribution in [0.15, 0.2) is 34.1 Å². The molecule has 16 heavy (non-hydrogen) atoms. The van der Waals surface area contributed by atoms with Crippen LogP contribution in [-0.2, 0) is 0 Å². The summed E-state index contributed by atoms with van der Waals surface area (Å²) in [6.07, 6.45) is -0.757. The summed E-state index contributed by atoms with van der Waals surface area (Å²) in [5.41, 5.74) is 1.51. The largest absolute Gasteiger partial charge is 0.383 e. The zero-order valence-corrected chi connectivity index (χ0v) is 11.0. The standard InChI is InChI=1S/C12H10BrFOS/c1-7-2-3-9(14)5-10(7)12(15)11-4-8(13)6-16-11/h2-6,12,15H,1H3. The predicted molar refractivity (Wildman–Crippen MR) is 67.2 cm³/mol. The third-order valence-electron chi connectivity index (χ3n) is 2.39. The summed E-state index contributed by atoms with van der Waals surface area (Å²) in [5.74, 6) is -0.324. The number of aryl methyl sites for hydroxylation is 1. The van der Waals surface area contributed by atoms with Crippen LogP contribution in [-0.4, -0.2) is 5.11 Å². The van der Waals surface area contributed by atoms with Crippen LogP contribution < -0.4 is 0 Å². The zero-order valence-electron chi connectivity index (χ0n) is 8.58. The number of halogens is 2. The number of hydrogen-bond donors (Lipinski definition) is 1. The van der Waals surface area contributed by atoms with Crippen LogP contribution in [0.25, 0.3) is 0 Å². The quantitative estimate of drug-likeness (QED) is 0.887. The lowest BCUT2D eigenvalue weighted by atomic mass is 10.0. The van der Waals surface area contributed by atoms with Crippen LogP contribution in [0.3, 0.4) is 0 Å². The summed E-state index contributed by atoms with van der Waals surface area (Å²) in [7, 11) is 0. The number of aliphatic hydroxyl groups excluding tert-OH is 1. The van der Waals surface area contributed by atoms with E-state index < -0.39 is 6.10 Å². The van der Waals surface area contributed by atoms with Gasteiger partial charge in [0.05, 0.1) is 0 Å². The van der Waals surface area contributed by atoms with Crippen LogP contribution >= 0.6 is 27.3 Å². The lowest BCUT2D eigenvalue weighted by molar-refractivity contribution is 0.223. The van der Waals surface area contributed by atoms with Crippen molar-refractivity contribution in [3.63, 3.8) is 0 Å². The molecule has 0 spiro atoms. The molecule has 0 aliphatic rings. The SMILES string of the molecule is Cc1ccc(F)cc1C(O)c1cc(Br)cs1. The van der Waals surface area contributed by atoms with E-state index in [9.17, 15) is 9.50 Å². The zero-order chi connectivity index (χ0) is 11.7. The van der Waals surface area contributed by atoms with Crippen molar-refractivity contribution in [2.45, 2.75) is 13.0 Å². The molecule has 0 amide bonds. The van der Waals surface area contributed by atoms with Gasteiger partial charge in [-0.1, -0.05) is 6.07 Å². The van der Waals surface area contributed by atoms with Gasteiger partial charge in [-0.15, -0.1) is 11.3 Å². The summed E-state index contributed by atoms with van der Waals surface area (Å²) < 4.78 is 14.0. The highest BCUT2D eigenvalue weighted by Gasteiger charge is 2.15. The maximum atomic E-state index is 13.1. The van der Waals surface area contributed by atoms with Gasteiger partial charge in [-0.3, -0.25) is 0 Å². The fraction of sp³-hybridized carbons (Fsp3) is 0.167. The van der Waals surface area contributed by atoms with Crippen LogP contribution in [0.4, 0.5) is 4.39 Å². The minimum Gasteiger partial charge on any atom is -0.383 e. The maximum Gasteiger partial charge on any atom is 0.123 e. The van der Waals surface area contributed by atoms with E-state index in [2.05, 4.69) is 15.9 Å². The van der Waals surface area contributed by atoms with E-state index >= 15 is 0 Å². The van der Waals surface area contributed by atoms with Crippen molar-refractivity contribution in [1.29, 1.82) is 0 Å². The molecule has 1 N–H and O–H groups in total. The van der Waals surface area contributed by atoms with Gasteiger partial charge in [0.15, 0.2) is 0 Å². The summed E-state index contributed by atoms with van der Waals surface area (Å²) in [6, 6.07) is 6.31. The van der Waals surface area contributed by atoms with Gasteiger partial charge in [-0.05, 0) is 52.2 Å². The molecule has 1 unspecified atom stereocenters. The minimum absolute atomic E-state index is 0.324. The highest BCUT2D eigenvalue weighted by molar-refractivity contribution is 9.10. The molecule has 1 heterocycles. The molecule has 4 heteroatoms. The first-order valence-corrected chi connectivity index (χ1v) is 6.43. The van der Waals surface area contributed by atoms with Gasteiger partial charge >= 0.3 is 0 Å². The molecule has 1 aromatic heterocycles. The van der Waals surface area contributed by atoms with E-state index in [-0.39, 0.29) is 5.82 Å². The Morgan fingerprint density at radius 2 is 2.12 bits per heavy atom. The Labute approximate surface area is 106 Å². The van der Waals surface area contributed by atoms with Gasteiger partial charge in [0.1, 0.15) is 11.9 Å². The molecule has 0 aliphatic heterocycles. The third-order valence-corrected chi connectivity index (χ3v) is 4.14. The summed E-state index contributed by atoms with van der Waals surface area (Å²) >= 11 is 4.78. The Bertz CT molecular complexity index is 509. The lowest BCUT2D eigenvalue weighted by Gasteiger charge is -2.12. The molecule has 0 saturated heterocycles. The Kier molecular flexibility index (Phi) is 3.42. The number of aliphatic hydroxyl groups is 1. The van der Waals surface area contributed by atoms with E-state index in [0.717, 1.165) is 14.9 Å². The monoisotopic (exact) mass is 300 g/mol.